The summed E-state index contributed by atoms with van der Waals surface area (Å²) in [6, 6.07) is 14.2. The summed E-state index contributed by atoms with van der Waals surface area (Å²) in [5, 5.41) is 12.3. The molecule has 11 heteroatoms. The molecule has 2 aromatic carbocycles. The number of carboxylic acid groups (broad SMARTS) is 1. The van der Waals surface area contributed by atoms with E-state index in [-0.39, 0.29) is 25.7 Å². The Labute approximate surface area is 391 Å². The molecule has 2 N–H and O–H groups in total. The third-order valence-electron chi connectivity index (χ3n) is 12.6. The molecule has 2 aromatic rings. The van der Waals surface area contributed by atoms with Gasteiger partial charge in [0.25, 0.3) is 0 Å². The van der Waals surface area contributed by atoms with Crippen molar-refractivity contribution in [3.63, 3.8) is 0 Å². The van der Waals surface area contributed by atoms with Crippen molar-refractivity contribution >= 4 is 30.2 Å². The minimum Gasteiger partial charge on any atom is -0.480 e. The predicted octanol–water partition coefficient (Wildman–Crippen LogP) is 14.8. The van der Waals surface area contributed by atoms with Gasteiger partial charge in [-0.25, -0.2) is 19.2 Å². The first kappa shape index (κ1) is 54.9. The number of aliphatic carboxylic acids is 1. The molecule has 0 saturated heterocycles. The van der Waals surface area contributed by atoms with Gasteiger partial charge in [0.1, 0.15) is 12.6 Å². The van der Waals surface area contributed by atoms with E-state index in [2.05, 4.69) is 19.2 Å². The highest BCUT2D eigenvalue weighted by atomic mass is 16.6. The van der Waals surface area contributed by atoms with Crippen LogP contribution in [0.25, 0.3) is 11.1 Å². The normalized spacial score (nSPS) is 12.3. The van der Waals surface area contributed by atoms with Gasteiger partial charge in [0, 0.05) is 12.3 Å². The highest BCUT2D eigenvalue weighted by Gasteiger charge is 2.34. The van der Waals surface area contributed by atoms with Crippen molar-refractivity contribution in [3.05, 3.63) is 59.7 Å². The van der Waals surface area contributed by atoms with E-state index in [1.807, 2.05) is 48.5 Å². The number of carboxylic acids is 1. The Morgan fingerprint density at radius 3 is 1.25 bits per heavy atom. The van der Waals surface area contributed by atoms with Crippen LogP contribution in [-0.4, -0.2) is 66.0 Å². The molecule has 0 radical (unpaired) electrons. The second-order valence-corrected chi connectivity index (χ2v) is 18.0. The Kier molecular flexibility index (Phi) is 29.5. The summed E-state index contributed by atoms with van der Waals surface area (Å²) < 4.78 is 16.3. The Balaban J connectivity index is 1.42. The van der Waals surface area contributed by atoms with Crippen LogP contribution in [0.5, 0.6) is 0 Å². The molecule has 3 rings (SSSR count). The van der Waals surface area contributed by atoms with E-state index in [4.69, 9.17) is 14.2 Å². The molecule has 0 spiro atoms. The molecule has 1 aliphatic rings. The topological polar surface area (TPSA) is 149 Å². The summed E-state index contributed by atoms with van der Waals surface area (Å²) in [4.78, 5) is 65.5. The number of carbonyl (C=O) groups excluding carboxylic acids is 4. The molecular weight excluding hydrogens is 821 g/mol. The Bertz CT molecular complexity index is 1560. The van der Waals surface area contributed by atoms with E-state index >= 15 is 0 Å². The predicted molar refractivity (Wildman–Crippen MR) is 259 cm³/mol. The Morgan fingerprint density at radius 1 is 0.523 bits per heavy atom. The zero-order valence-electron chi connectivity index (χ0n) is 40.3. The van der Waals surface area contributed by atoms with Gasteiger partial charge in [0.05, 0.1) is 13.2 Å². The number of nitrogens with zero attached hydrogens (tertiary/aromatic N) is 1. The van der Waals surface area contributed by atoms with Crippen molar-refractivity contribution in [2.45, 2.75) is 218 Å². The number of unbranched alkanes of at least 4 members (excludes halogenated alkanes) is 26. The van der Waals surface area contributed by atoms with E-state index in [0.717, 1.165) is 60.8 Å². The molecule has 1 aliphatic carbocycles. The first-order valence-electron chi connectivity index (χ1n) is 25.8. The van der Waals surface area contributed by atoms with Gasteiger partial charge in [-0.05, 0) is 41.5 Å². The highest BCUT2D eigenvalue weighted by Crippen LogP contribution is 2.44. The number of alkyl carbamates (subject to hydrolysis) is 1. The zero-order chi connectivity index (χ0) is 46.7. The van der Waals surface area contributed by atoms with Crippen LogP contribution in [0.3, 0.4) is 0 Å². The van der Waals surface area contributed by atoms with E-state index in [1.54, 1.807) is 0 Å². The Morgan fingerprint density at radius 2 is 0.877 bits per heavy atom. The number of hydrogen-bond donors (Lipinski definition) is 2. The smallest absolute Gasteiger partial charge is 0.426 e. The minimum atomic E-state index is -1.52. The molecule has 0 aliphatic heterocycles. The van der Waals surface area contributed by atoms with Crippen LogP contribution in [0.1, 0.15) is 224 Å². The van der Waals surface area contributed by atoms with Crippen molar-refractivity contribution in [2.24, 2.45) is 0 Å². The van der Waals surface area contributed by atoms with Crippen molar-refractivity contribution in [3.8, 4) is 11.1 Å². The summed E-state index contributed by atoms with van der Waals surface area (Å²) in [7, 11) is 0. The molecule has 65 heavy (non-hydrogen) atoms. The molecule has 0 bridgehead atoms. The van der Waals surface area contributed by atoms with E-state index in [9.17, 15) is 29.1 Å². The Hall–Kier alpha value is -4.41. The number of carbonyl (C=O) groups is 5. The first-order chi connectivity index (χ1) is 31.8. The summed E-state index contributed by atoms with van der Waals surface area (Å²) in [5.74, 6) is -2.58. The fourth-order valence-electron chi connectivity index (χ4n) is 8.74. The monoisotopic (exact) mass is 905 g/mol. The van der Waals surface area contributed by atoms with Crippen LogP contribution in [-0.2, 0) is 23.8 Å². The molecule has 364 valence electrons. The number of fused-ring (bicyclic) bond motifs is 3. The maximum Gasteiger partial charge on any atom is 0.426 e. The van der Waals surface area contributed by atoms with Crippen molar-refractivity contribution in [2.75, 3.05) is 19.8 Å². The van der Waals surface area contributed by atoms with Crippen LogP contribution in [0, 0.1) is 0 Å². The number of ether oxygens (including phenoxy) is 3. The van der Waals surface area contributed by atoms with Crippen LogP contribution in [0.2, 0.25) is 0 Å². The van der Waals surface area contributed by atoms with E-state index in [0.29, 0.717) is 17.7 Å². The fourth-order valence-corrected chi connectivity index (χ4v) is 8.74. The van der Waals surface area contributed by atoms with Crippen LogP contribution in [0.15, 0.2) is 48.5 Å². The maximum absolute atomic E-state index is 13.5. The molecule has 4 amide bonds. The number of imide groups is 3. The lowest BCUT2D eigenvalue weighted by Gasteiger charge is -2.20. The first-order valence-corrected chi connectivity index (χ1v) is 25.8. The summed E-state index contributed by atoms with van der Waals surface area (Å²) in [6.45, 7) is 4.54. The SMILES string of the molecule is CCCCCCCCCCCCCCCCOC(=O)N(C(=O)CCC(NC(=O)OCC1c2ccccc2-c2ccccc21)C(=O)O)C(=O)OCCCCCCCCCCCCCCCC. The number of amides is 4. The summed E-state index contributed by atoms with van der Waals surface area (Å²) >= 11 is 0. The molecule has 0 fully saturated rings. The lowest BCUT2D eigenvalue weighted by atomic mass is 9.98. The number of hydrogen-bond acceptors (Lipinski definition) is 8. The zero-order valence-corrected chi connectivity index (χ0v) is 40.3. The quantitative estimate of drug-likeness (QED) is 0.0499. The number of benzene rings is 2. The standard InChI is InChI=1S/C54H84N2O9/c1-3-5-7-9-11-13-15-17-19-21-23-25-27-33-41-63-53(61)56(54(62)64-42-34-28-26-24-22-20-18-16-14-12-10-8-6-4-2)50(57)40-39-49(51(58)59)55-52(60)65-43-48-46-37-31-29-35-44(46)45-36-30-32-38-47(45)48/h29-32,35-38,48-49H,3-28,33-34,39-43H2,1-2H3,(H,55,60)(H,58,59). The summed E-state index contributed by atoms with van der Waals surface area (Å²) in [6.07, 6.45) is 28.8. The third-order valence-corrected chi connectivity index (χ3v) is 12.6. The van der Waals surface area contributed by atoms with Gasteiger partial charge < -0.3 is 24.6 Å². The van der Waals surface area contributed by atoms with Crippen molar-refractivity contribution < 1.29 is 43.3 Å². The molecule has 11 nitrogen and oxygen atoms in total. The van der Waals surface area contributed by atoms with Gasteiger partial charge in [-0.3, -0.25) is 4.79 Å². The van der Waals surface area contributed by atoms with Crippen molar-refractivity contribution in [1.82, 2.24) is 10.2 Å². The van der Waals surface area contributed by atoms with Crippen LogP contribution >= 0.6 is 0 Å². The maximum atomic E-state index is 13.5. The van der Waals surface area contributed by atoms with Crippen molar-refractivity contribution in [1.29, 1.82) is 0 Å². The highest BCUT2D eigenvalue weighted by molar-refractivity contribution is 6.06. The lowest BCUT2D eigenvalue weighted by molar-refractivity contribution is -0.139. The molecule has 1 atom stereocenters. The van der Waals surface area contributed by atoms with Gasteiger partial charge in [-0.15, -0.1) is 4.90 Å². The van der Waals surface area contributed by atoms with Crippen LogP contribution < -0.4 is 5.32 Å². The van der Waals surface area contributed by atoms with Crippen LogP contribution in [0.4, 0.5) is 14.4 Å². The molecule has 1 unspecified atom stereocenters. The van der Waals surface area contributed by atoms with E-state index < -0.39 is 49.0 Å². The van der Waals surface area contributed by atoms with Gasteiger partial charge in [0.2, 0.25) is 5.91 Å². The second kappa shape index (κ2) is 34.9. The number of nitrogens with one attached hydrogen (secondary N) is 1. The molecular formula is C54H84N2O9. The van der Waals surface area contributed by atoms with Gasteiger partial charge in [0.15, 0.2) is 0 Å². The van der Waals surface area contributed by atoms with Gasteiger partial charge >= 0.3 is 24.2 Å². The molecule has 0 heterocycles. The van der Waals surface area contributed by atoms with Gasteiger partial charge in [-0.1, -0.05) is 229 Å². The average Bonchev–Trinajstić information content (AvgIpc) is 3.62. The average molecular weight is 905 g/mol. The lowest BCUT2D eigenvalue weighted by Crippen LogP contribution is -2.45. The second-order valence-electron chi connectivity index (χ2n) is 18.0. The largest absolute Gasteiger partial charge is 0.480 e. The minimum absolute atomic E-state index is 0.0186. The van der Waals surface area contributed by atoms with Gasteiger partial charge in [-0.2, -0.15) is 0 Å². The van der Waals surface area contributed by atoms with E-state index in [1.165, 1.54) is 128 Å². The third kappa shape index (κ3) is 22.6. The summed E-state index contributed by atoms with van der Waals surface area (Å²) in [5.41, 5.74) is 4.13. The number of rotatable bonds is 37. The molecule has 0 saturated carbocycles. The fraction of sp³-hybridized carbons (Fsp3) is 0.685. The molecule has 0 aromatic heterocycles.